The number of hydrogen-bond acceptors (Lipinski definition) is 5. The number of aromatic nitrogens is 2. The van der Waals surface area contributed by atoms with Gasteiger partial charge in [0.15, 0.2) is 10.4 Å². The SMILES string of the molecule is O=S(=O)(Nc1ncc(Br)nc1Br)c1cc(Cl)c(Br)s1. The Morgan fingerprint density at radius 3 is 2.53 bits per heavy atom. The van der Waals surface area contributed by atoms with Crippen LogP contribution in [-0.2, 0) is 10.0 Å². The highest BCUT2D eigenvalue weighted by Crippen LogP contribution is 2.35. The minimum atomic E-state index is -3.74. The van der Waals surface area contributed by atoms with Crippen molar-refractivity contribution >= 4 is 86.6 Å². The standard InChI is InChI=1S/C8H3Br3ClN3O2S2/c9-4-2-13-8(6(10)14-4)15-19(16,17)5-1-3(12)7(11)18-5/h1-2H,(H,13,15). The van der Waals surface area contributed by atoms with Gasteiger partial charge in [-0.2, -0.15) is 0 Å². The van der Waals surface area contributed by atoms with Gasteiger partial charge in [0, 0.05) is 0 Å². The van der Waals surface area contributed by atoms with Crippen LogP contribution in [0.5, 0.6) is 0 Å². The molecule has 0 aliphatic heterocycles. The van der Waals surface area contributed by atoms with Crippen molar-refractivity contribution in [3.05, 3.63) is 30.3 Å². The van der Waals surface area contributed by atoms with E-state index in [1.54, 1.807) is 0 Å². The summed E-state index contributed by atoms with van der Waals surface area (Å²) in [7, 11) is -3.74. The number of hydrogen-bond donors (Lipinski definition) is 1. The molecule has 0 saturated heterocycles. The third-order valence-corrected chi connectivity index (χ3v) is 7.04. The summed E-state index contributed by atoms with van der Waals surface area (Å²) in [5.41, 5.74) is 0. The van der Waals surface area contributed by atoms with Crippen LogP contribution in [0, 0.1) is 0 Å². The Balaban J connectivity index is 2.36. The van der Waals surface area contributed by atoms with E-state index in [2.05, 4.69) is 62.5 Å². The maximum absolute atomic E-state index is 12.1. The third-order valence-electron chi connectivity index (χ3n) is 1.82. The summed E-state index contributed by atoms with van der Waals surface area (Å²) in [4.78, 5) is 7.92. The van der Waals surface area contributed by atoms with Gasteiger partial charge in [-0.3, -0.25) is 4.72 Å². The molecule has 0 fully saturated rings. The van der Waals surface area contributed by atoms with E-state index in [0.29, 0.717) is 13.4 Å². The first-order valence-corrected chi connectivity index (χ1v) is 9.51. The zero-order valence-electron chi connectivity index (χ0n) is 8.69. The topological polar surface area (TPSA) is 72.0 Å². The van der Waals surface area contributed by atoms with Crippen molar-refractivity contribution in [1.82, 2.24) is 9.97 Å². The molecule has 2 rings (SSSR count). The van der Waals surface area contributed by atoms with Crippen molar-refractivity contribution in [3.8, 4) is 0 Å². The minimum absolute atomic E-state index is 0.0843. The van der Waals surface area contributed by atoms with Crippen molar-refractivity contribution < 1.29 is 8.42 Å². The Kier molecular flexibility index (Phi) is 4.89. The van der Waals surface area contributed by atoms with Crippen LogP contribution in [-0.4, -0.2) is 18.4 Å². The second-order valence-electron chi connectivity index (χ2n) is 3.12. The van der Waals surface area contributed by atoms with Gasteiger partial charge >= 0.3 is 0 Å². The van der Waals surface area contributed by atoms with Gasteiger partial charge in [-0.05, 0) is 53.9 Å². The number of sulfonamides is 1. The van der Waals surface area contributed by atoms with Gasteiger partial charge in [0.2, 0.25) is 0 Å². The molecule has 0 aliphatic carbocycles. The molecular weight excluding hydrogens is 509 g/mol. The van der Waals surface area contributed by atoms with Crippen LogP contribution in [0.15, 0.2) is 29.5 Å². The molecule has 0 spiro atoms. The number of nitrogens with zero attached hydrogens (tertiary/aromatic N) is 2. The summed E-state index contributed by atoms with van der Waals surface area (Å²) in [6.45, 7) is 0. The average Bonchev–Trinajstić information content (AvgIpc) is 2.64. The molecule has 19 heavy (non-hydrogen) atoms. The molecule has 0 aliphatic rings. The predicted molar refractivity (Wildman–Crippen MR) is 85.3 cm³/mol. The fourth-order valence-corrected chi connectivity index (χ4v) is 5.51. The summed E-state index contributed by atoms with van der Waals surface area (Å²) in [5, 5.41) is 0.339. The minimum Gasteiger partial charge on any atom is -0.260 e. The molecule has 0 unspecified atom stereocenters. The molecule has 2 aromatic rings. The highest BCUT2D eigenvalue weighted by molar-refractivity contribution is 9.11. The quantitative estimate of drug-likeness (QED) is 0.667. The van der Waals surface area contributed by atoms with Crippen molar-refractivity contribution in [1.29, 1.82) is 0 Å². The van der Waals surface area contributed by atoms with Gasteiger partial charge in [0.25, 0.3) is 10.0 Å². The lowest BCUT2D eigenvalue weighted by Crippen LogP contribution is -2.13. The average molecular weight is 512 g/mol. The first-order chi connectivity index (χ1) is 8.79. The van der Waals surface area contributed by atoms with E-state index in [4.69, 9.17) is 11.6 Å². The normalized spacial score (nSPS) is 11.6. The molecule has 2 aromatic heterocycles. The number of halogens is 4. The van der Waals surface area contributed by atoms with Crippen molar-refractivity contribution in [2.75, 3.05) is 4.72 Å². The van der Waals surface area contributed by atoms with Crippen molar-refractivity contribution in [3.63, 3.8) is 0 Å². The van der Waals surface area contributed by atoms with E-state index in [1.165, 1.54) is 12.3 Å². The molecule has 11 heteroatoms. The third kappa shape index (κ3) is 3.67. The zero-order valence-corrected chi connectivity index (χ0v) is 15.8. The lowest BCUT2D eigenvalue weighted by Gasteiger charge is -2.06. The van der Waals surface area contributed by atoms with Gasteiger partial charge < -0.3 is 0 Å². The van der Waals surface area contributed by atoms with Crippen LogP contribution < -0.4 is 4.72 Å². The molecule has 0 radical (unpaired) electrons. The van der Waals surface area contributed by atoms with Crippen molar-refractivity contribution in [2.24, 2.45) is 0 Å². The first-order valence-electron chi connectivity index (χ1n) is 4.45. The van der Waals surface area contributed by atoms with Crippen LogP contribution in [0.2, 0.25) is 5.02 Å². The molecule has 0 saturated carbocycles. The number of anilines is 1. The smallest absolute Gasteiger partial charge is 0.260 e. The zero-order chi connectivity index (χ0) is 14.2. The van der Waals surface area contributed by atoms with Gasteiger partial charge in [0.05, 0.1) is 15.0 Å². The van der Waals surface area contributed by atoms with Crippen LogP contribution in [0.3, 0.4) is 0 Å². The van der Waals surface area contributed by atoms with Crippen LogP contribution in [0.1, 0.15) is 0 Å². The molecule has 0 atom stereocenters. The molecule has 2 heterocycles. The van der Waals surface area contributed by atoms with E-state index < -0.39 is 10.0 Å². The first kappa shape index (κ1) is 15.6. The fraction of sp³-hybridized carbons (Fsp3) is 0. The molecule has 5 nitrogen and oxygen atoms in total. The Bertz CT molecular complexity index is 715. The Morgan fingerprint density at radius 2 is 2.00 bits per heavy atom. The van der Waals surface area contributed by atoms with Gasteiger partial charge in [-0.25, -0.2) is 18.4 Å². The molecule has 0 amide bonds. The number of thiophene rings is 1. The summed E-state index contributed by atoms with van der Waals surface area (Å²) in [6.07, 6.45) is 1.39. The molecular formula is C8H3Br3ClN3O2S2. The number of rotatable bonds is 3. The van der Waals surface area contributed by atoms with E-state index in [1.807, 2.05) is 0 Å². The highest BCUT2D eigenvalue weighted by Gasteiger charge is 2.21. The van der Waals surface area contributed by atoms with E-state index in [0.717, 1.165) is 11.3 Å². The van der Waals surface area contributed by atoms with Crippen LogP contribution in [0.4, 0.5) is 5.82 Å². The van der Waals surface area contributed by atoms with E-state index >= 15 is 0 Å². The monoisotopic (exact) mass is 509 g/mol. The summed E-state index contributed by atoms with van der Waals surface area (Å²) in [6, 6.07) is 1.36. The summed E-state index contributed by atoms with van der Waals surface area (Å²) >= 11 is 16.3. The van der Waals surface area contributed by atoms with Gasteiger partial charge in [0.1, 0.15) is 8.81 Å². The van der Waals surface area contributed by atoms with Crippen LogP contribution in [0.25, 0.3) is 0 Å². The fourth-order valence-electron chi connectivity index (χ4n) is 1.05. The lowest BCUT2D eigenvalue weighted by atomic mass is 10.7. The second kappa shape index (κ2) is 5.94. The van der Waals surface area contributed by atoms with Crippen LogP contribution >= 0.6 is 70.7 Å². The predicted octanol–water partition coefficient (Wildman–Crippen LogP) is 4.28. The second-order valence-corrected chi connectivity index (χ2v) is 9.37. The molecule has 0 bridgehead atoms. The lowest BCUT2D eigenvalue weighted by molar-refractivity contribution is 0.603. The maximum Gasteiger partial charge on any atom is 0.272 e. The van der Waals surface area contributed by atoms with Gasteiger partial charge in [-0.15, -0.1) is 11.3 Å². The largest absolute Gasteiger partial charge is 0.272 e. The molecule has 1 N–H and O–H groups in total. The number of nitrogens with one attached hydrogen (secondary N) is 1. The van der Waals surface area contributed by atoms with Crippen molar-refractivity contribution in [2.45, 2.75) is 4.21 Å². The highest BCUT2D eigenvalue weighted by atomic mass is 79.9. The van der Waals surface area contributed by atoms with Gasteiger partial charge in [-0.1, -0.05) is 11.6 Å². The summed E-state index contributed by atoms with van der Waals surface area (Å²) < 4.78 is 28.0. The molecule has 102 valence electrons. The molecule has 0 aromatic carbocycles. The summed E-state index contributed by atoms with van der Waals surface area (Å²) in [5.74, 6) is 0.101. The Labute approximate surface area is 143 Å². The maximum atomic E-state index is 12.1. The Morgan fingerprint density at radius 1 is 1.32 bits per heavy atom. The van der Waals surface area contributed by atoms with E-state index in [-0.39, 0.29) is 14.6 Å². The van der Waals surface area contributed by atoms with E-state index in [9.17, 15) is 8.42 Å². The Hall–Kier alpha value is 0.260.